The summed E-state index contributed by atoms with van der Waals surface area (Å²) in [5.74, 6) is 2.02. The van der Waals surface area contributed by atoms with Gasteiger partial charge in [0.1, 0.15) is 0 Å². The first-order valence-corrected chi connectivity index (χ1v) is 5.41. The van der Waals surface area contributed by atoms with Crippen molar-refractivity contribution in [2.24, 2.45) is 17.8 Å². The topological polar surface area (TPSA) is 0 Å². The Morgan fingerprint density at radius 3 is 2.50 bits per heavy atom. The molecule has 0 N–H and O–H groups in total. The average molecular weight is 266 g/mol. The molecule has 0 amide bonds. The maximum atomic E-state index is 3.55. The third-order valence-electron chi connectivity index (χ3n) is 2.64. The van der Waals surface area contributed by atoms with Crippen molar-refractivity contribution in [3.63, 3.8) is 0 Å². The summed E-state index contributed by atoms with van der Waals surface area (Å²) in [6, 6.07) is 0. The quantitative estimate of drug-likeness (QED) is 0.663. The first-order valence-electron chi connectivity index (χ1n) is 5.41. The van der Waals surface area contributed by atoms with Gasteiger partial charge in [0.25, 0.3) is 0 Å². The molecule has 1 heteroatoms. The molecule has 1 aliphatic carbocycles. The van der Waals surface area contributed by atoms with Crippen LogP contribution >= 0.6 is 0 Å². The van der Waals surface area contributed by atoms with Gasteiger partial charge in [0.2, 0.25) is 0 Å². The van der Waals surface area contributed by atoms with Crippen LogP contribution in [0.15, 0.2) is 17.7 Å². The molecule has 0 saturated heterocycles. The summed E-state index contributed by atoms with van der Waals surface area (Å²) < 4.78 is 0. The van der Waals surface area contributed by atoms with Crippen LogP contribution in [-0.2, 0) is 32.7 Å². The molecule has 77 valence electrons. The molecule has 0 saturated carbocycles. The van der Waals surface area contributed by atoms with Crippen LogP contribution in [0.3, 0.4) is 0 Å². The van der Waals surface area contributed by atoms with Gasteiger partial charge in [-0.2, -0.15) is 6.08 Å². The summed E-state index contributed by atoms with van der Waals surface area (Å²) in [6.07, 6.45) is 10.7. The van der Waals surface area contributed by atoms with Crippen LogP contribution in [0.5, 0.6) is 0 Å². The van der Waals surface area contributed by atoms with Crippen LogP contribution < -0.4 is 0 Å². The zero-order valence-electron chi connectivity index (χ0n) is 9.88. The Hall–Kier alpha value is 0.584. The number of hydrogen-bond acceptors (Lipinski definition) is 0. The molecule has 0 bridgehead atoms. The Bertz CT molecular complexity index is 213. The van der Waals surface area contributed by atoms with Crippen LogP contribution in [0.2, 0.25) is 0 Å². The first kappa shape index (κ1) is 14.6. The minimum absolute atomic E-state index is 0. The van der Waals surface area contributed by atoms with E-state index in [0.717, 1.165) is 0 Å². The van der Waals surface area contributed by atoms with Crippen molar-refractivity contribution in [1.82, 2.24) is 0 Å². The zero-order chi connectivity index (χ0) is 9.84. The summed E-state index contributed by atoms with van der Waals surface area (Å²) in [5, 5.41) is 0. The Kier molecular flexibility index (Phi) is 7.25. The van der Waals surface area contributed by atoms with Crippen molar-refractivity contribution in [2.45, 2.75) is 40.5 Å². The molecule has 1 radical (unpaired) electrons. The minimum Gasteiger partial charge on any atom is -0.269 e. The van der Waals surface area contributed by atoms with E-state index in [1.165, 1.54) is 18.4 Å². The number of rotatable bonds is 2. The molecular weight excluding hydrogens is 245 g/mol. The standard InChI is InChI=1S/C13H21.Y/c1-10(2)5-8-13-9-11(3)6-7-12(13)4;/h5,8,10-12H,6-7H2,1-4H3;/q-1;/b8-5+;. The van der Waals surface area contributed by atoms with Crippen molar-refractivity contribution in [3.05, 3.63) is 23.8 Å². The first-order chi connectivity index (χ1) is 6.09. The Balaban J connectivity index is 0.00000169. The van der Waals surface area contributed by atoms with Gasteiger partial charge >= 0.3 is 0 Å². The largest absolute Gasteiger partial charge is 0.269 e. The van der Waals surface area contributed by atoms with Gasteiger partial charge in [-0.15, -0.1) is 5.92 Å². The van der Waals surface area contributed by atoms with Gasteiger partial charge in [-0.25, -0.2) is 11.6 Å². The maximum absolute atomic E-state index is 3.55. The fraction of sp³-hybridized carbons (Fsp3) is 0.692. The predicted molar refractivity (Wildman–Crippen MR) is 58.3 cm³/mol. The predicted octanol–water partition coefficient (Wildman–Crippen LogP) is 3.99. The second kappa shape index (κ2) is 6.96. The van der Waals surface area contributed by atoms with Crippen molar-refractivity contribution in [2.75, 3.05) is 0 Å². The number of allylic oxidation sites excluding steroid dienone is 4. The van der Waals surface area contributed by atoms with E-state index < -0.39 is 0 Å². The van der Waals surface area contributed by atoms with E-state index in [0.29, 0.717) is 17.8 Å². The second-order valence-corrected chi connectivity index (χ2v) is 4.58. The summed E-state index contributed by atoms with van der Waals surface area (Å²) in [4.78, 5) is 0. The zero-order valence-corrected chi connectivity index (χ0v) is 12.7. The van der Waals surface area contributed by atoms with Crippen LogP contribution in [0.1, 0.15) is 40.5 Å². The fourth-order valence-corrected chi connectivity index (χ4v) is 1.66. The molecule has 0 aromatic rings. The van der Waals surface area contributed by atoms with Gasteiger partial charge in [-0.3, -0.25) is 6.08 Å². The normalized spacial score (nSPS) is 27.6. The van der Waals surface area contributed by atoms with Crippen LogP contribution in [0.25, 0.3) is 0 Å². The number of hydrogen-bond donors (Lipinski definition) is 0. The van der Waals surface area contributed by atoms with Crippen molar-refractivity contribution < 1.29 is 32.7 Å². The molecule has 0 fully saturated rings. The Morgan fingerprint density at radius 1 is 1.29 bits per heavy atom. The van der Waals surface area contributed by atoms with Crippen LogP contribution in [-0.4, -0.2) is 0 Å². The fourth-order valence-electron chi connectivity index (χ4n) is 1.66. The molecular formula is C13H21Y-. The molecule has 2 unspecified atom stereocenters. The van der Waals surface area contributed by atoms with Gasteiger partial charge in [0.15, 0.2) is 0 Å². The Labute approximate surface area is 114 Å². The molecule has 0 nitrogen and oxygen atoms in total. The van der Waals surface area contributed by atoms with Gasteiger partial charge in [0.05, 0.1) is 0 Å². The van der Waals surface area contributed by atoms with Crippen molar-refractivity contribution >= 4 is 0 Å². The molecule has 1 aliphatic rings. The maximum Gasteiger partial charge on any atom is 0 e. The van der Waals surface area contributed by atoms with E-state index in [2.05, 4.69) is 45.9 Å². The molecule has 1 rings (SSSR count). The molecule has 2 atom stereocenters. The summed E-state index contributed by atoms with van der Waals surface area (Å²) >= 11 is 0. The second-order valence-electron chi connectivity index (χ2n) is 4.58. The van der Waals surface area contributed by atoms with E-state index in [-0.39, 0.29) is 32.7 Å². The van der Waals surface area contributed by atoms with Crippen molar-refractivity contribution in [1.29, 1.82) is 0 Å². The average Bonchev–Trinajstić information content (AvgIpc) is 2.06. The Morgan fingerprint density at radius 2 is 1.93 bits per heavy atom. The van der Waals surface area contributed by atoms with Gasteiger partial charge < -0.3 is 0 Å². The van der Waals surface area contributed by atoms with Gasteiger partial charge in [0, 0.05) is 32.7 Å². The third-order valence-corrected chi connectivity index (χ3v) is 2.64. The van der Waals surface area contributed by atoms with Crippen molar-refractivity contribution in [3.8, 4) is 0 Å². The molecule has 0 aliphatic heterocycles. The smallest absolute Gasteiger partial charge is 0 e. The van der Waals surface area contributed by atoms with Gasteiger partial charge in [-0.1, -0.05) is 46.5 Å². The molecule has 14 heavy (non-hydrogen) atoms. The molecule has 0 heterocycles. The molecule has 0 aromatic carbocycles. The molecule has 0 spiro atoms. The van der Waals surface area contributed by atoms with E-state index in [1.54, 1.807) is 0 Å². The summed E-state index contributed by atoms with van der Waals surface area (Å²) in [7, 11) is 0. The summed E-state index contributed by atoms with van der Waals surface area (Å²) in [5.41, 5.74) is 1.42. The SMILES string of the molecule is CC(C)/C=C/C1=[C-]C(C)CCC1C.[Y]. The minimum atomic E-state index is 0. The van der Waals surface area contributed by atoms with E-state index in [1.807, 2.05) is 0 Å². The molecule has 0 aromatic heterocycles. The van der Waals surface area contributed by atoms with Crippen LogP contribution in [0, 0.1) is 23.8 Å². The van der Waals surface area contributed by atoms with E-state index in [4.69, 9.17) is 0 Å². The van der Waals surface area contributed by atoms with Crippen LogP contribution in [0.4, 0.5) is 0 Å². The van der Waals surface area contributed by atoms with E-state index >= 15 is 0 Å². The third kappa shape index (κ3) is 4.89. The van der Waals surface area contributed by atoms with E-state index in [9.17, 15) is 0 Å². The monoisotopic (exact) mass is 266 g/mol. The summed E-state index contributed by atoms with van der Waals surface area (Å²) in [6.45, 7) is 9.00. The van der Waals surface area contributed by atoms with Gasteiger partial charge in [-0.05, 0) is 5.92 Å².